The molecule has 3 rings (SSSR count). The van der Waals surface area contributed by atoms with Gasteiger partial charge in [-0.05, 0) is 60.8 Å². The van der Waals surface area contributed by atoms with Crippen molar-refractivity contribution in [3.8, 4) is 0 Å². The van der Waals surface area contributed by atoms with Crippen molar-refractivity contribution in [1.29, 1.82) is 0 Å². The maximum Gasteiger partial charge on any atom is 0.0409 e. The van der Waals surface area contributed by atoms with E-state index in [1.54, 1.807) is 11.1 Å². The summed E-state index contributed by atoms with van der Waals surface area (Å²) >= 11 is 6.11. The van der Waals surface area contributed by atoms with E-state index in [0.29, 0.717) is 0 Å². The van der Waals surface area contributed by atoms with E-state index < -0.39 is 0 Å². The first kappa shape index (κ1) is 9.72. The predicted octanol–water partition coefficient (Wildman–Crippen LogP) is 4.88. The van der Waals surface area contributed by atoms with Gasteiger partial charge < -0.3 is 0 Å². The molecule has 0 atom stereocenters. The van der Waals surface area contributed by atoms with Crippen LogP contribution in [0.4, 0.5) is 0 Å². The van der Waals surface area contributed by atoms with Crippen LogP contribution in [0.2, 0.25) is 5.02 Å². The monoisotopic (exact) mass is 220 g/mol. The lowest BCUT2D eigenvalue weighted by atomic mass is 9.72. The second kappa shape index (κ2) is 3.83. The molecular formula is C14H17Cl. The summed E-state index contributed by atoms with van der Waals surface area (Å²) in [5.74, 6) is 1.66. The minimum atomic E-state index is 0.819. The molecule has 1 aromatic carbocycles. The Hall–Kier alpha value is -0.490. The third-order valence-corrected chi connectivity index (χ3v) is 4.37. The molecule has 0 aliphatic heterocycles. The molecule has 2 fully saturated rings. The summed E-state index contributed by atoms with van der Waals surface area (Å²) in [7, 11) is 0. The van der Waals surface area contributed by atoms with Crippen LogP contribution in [0.25, 0.3) is 0 Å². The molecule has 0 saturated heterocycles. The van der Waals surface area contributed by atoms with E-state index in [-0.39, 0.29) is 0 Å². The van der Waals surface area contributed by atoms with Gasteiger partial charge in [-0.1, -0.05) is 30.5 Å². The van der Waals surface area contributed by atoms with Crippen molar-refractivity contribution in [3.63, 3.8) is 0 Å². The smallest absolute Gasteiger partial charge is 0.0409 e. The van der Waals surface area contributed by atoms with E-state index in [2.05, 4.69) is 18.2 Å². The highest BCUT2D eigenvalue weighted by Gasteiger charge is 2.27. The van der Waals surface area contributed by atoms with Crippen LogP contribution in [0.3, 0.4) is 0 Å². The Morgan fingerprint density at radius 3 is 2.00 bits per heavy atom. The topological polar surface area (TPSA) is 0 Å². The first-order chi connectivity index (χ1) is 7.34. The quantitative estimate of drug-likeness (QED) is 0.667. The number of rotatable bonds is 2. The lowest BCUT2D eigenvalue weighted by molar-refractivity contribution is 0.388. The maximum absolute atomic E-state index is 6.11. The van der Waals surface area contributed by atoms with Gasteiger partial charge in [-0.3, -0.25) is 0 Å². The summed E-state index contributed by atoms with van der Waals surface area (Å²) in [6.45, 7) is 0. The Kier molecular flexibility index (Phi) is 2.48. The van der Waals surface area contributed by atoms with Gasteiger partial charge in [-0.15, -0.1) is 0 Å². The summed E-state index contributed by atoms with van der Waals surface area (Å²) in [6.07, 6.45) is 8.35. The predicted molar refractivity (Wildman–Crippen MR) is 64.6 cm³/mol. The zero-order chi connectivity index (χ0) is 10.3. The summed E-state index contributed by atoms with van der Waals surface area (Å²) in [6, 6.07) is 6.57. The number of hydrogen-bond donors (Lipinski definition) is 0. The van der Waals surface area contributed by atoms with Crippen LogP contribution in [-0.2, 0) is 0 Å². The van der Waals surface area contributed by atoms with E-state index >= 15 is 0 Å². The van der Waals surface area contributed by atoms with Crippen LogP contribution in [0.5, 0.6) is 0 Å². The Bertz CT molecular complexity index is 362. The molecule has 0 bridgehead atoms. The molecule has 15 heavy (non-hydrogen) atoms. The van der Waals surface area contributed by atoms with Crippen LogP contribution in [-0.4, -0.2) is 0 Å². The van der Waals surface area contributed by atoms with E-state index in [0.717, 1.165) is 16.9 Å². The number of benzene rings is 1. The van der Waals surface area contributed by atoms with Crippen LogP contribution in [0.1, 0.15) is 61.5 Å². The molecule has 0 N–H and O–H groups in total. The van der Waals surface area contributed by atoms with Gasteiger partial charge in [0.2, 0.25) is 0 Å². The van der Waals surface area contributed by atoms with E-state index in [1.807, 2.05) is 0 Å². The Labute approximate surface area is 96.6 Å². The molecule has 2 saturated carbocycles. The van der Waals surface area contributed by atoms with Gasteiger partial charge in [-0.2, -0.15) is 0 Å². The van der Waals surface area contributed by atoms with E-state index in [1.165, 1.54) is 38.5 Å². The minimum Gasteiger partial charge on any atom is -0.0843 e. The average molecular weight is 221 g/mol. The van der Waals surface area contributed by atoms with Gasteiger partial charge in [0.1, 0.15) is 0 Å². The normalized spacial score (nSPS) is 22.2. The molecule has 80 valence electrons. The summed E-state index contributed by atoms with van der Waals surface area (Å²) < 4.78 is 0. The molecule has 0 radical (unpaired) electrons. The molecule has 0 unspecified atom stereocenters. The van der Waals surface area contributed by atoms with Gasteiger partial charge >= 0.3 is 0 Å². The van der Waals surface area contributed by atoms with Crippen molar-refractivity contribution >= 4 is 11.6 Å². The molecule has 0 amide bonds. The van der Waals surface area contributed by atoms with E-state index in [9.17, 15) is 0 Å². The molecule has 0 spiro atoms. The summed E-state index contributed by atoms with van der Waals surface area (Å²) in [5.41, 5.74) is 3.17. The van der Waals surface area contributed by atoms with Gasteiger partial charge in [-0.25, -0.2) is 0 Å². The number of hydrogen-bond acceptors (Lipinski definition) is 0. The fourth-order valence-corrected chi connectivity index (χ4v) is 2.89. The molecule has 0 nitrogen and oxygen atoms in total. The first-order valence-corrected chi connectivity index (χ1v) is 6.52. The SMILES string of the molecule is Clc1ccc(C2CCC2)c(C2CCC2)c1. The van der Waals surface area contributed by atoms with Crippen molar-refractivity contribution in [1.82, 2.24) is 0 Å². The second-order valence-electron chi connectivity index (χ2n) is 5.03. The van der Waals surface area contributed by atoms with Gasteiger partial charge in [0.15, 0.2) is 0 Å². The molecule has 1 aromatic rings. The second-order valence-corrected chi connectivity index (χ2v) is 5.47. The van der Waals surface area contributed by atoms with Gasteiger partial charge in [0, 0.05) is 5.02 Å². The third-order valence-electron chi connectivity index (χ3n) is 4.14. The molecule has 2 aliphatic rings. The lowest BCUT2D eigenvalue weighted by Crippen LogP contribution is -2.16. The molecule has 0 aromatic heterocycles. The standard InChI is InChI=1S/C14H17Cl/c15-12-7-8-13(10-3-1-4-10)14(9-12)11-5-2-6-11/h7-11H,1-6H2. The Balaban J connectivity index is 1.95. The number of halogens is 1. The van der Waals surface area contributed by atoms with Crippen molar-refractivity contribution in [2.24, 2.45) is 0 Å². The summed E-state index contributed by atoms with van der Waals surface area (Å²) in [5, 5.41) is 0.917. The van der Waals surface area contributed by atoms with Crippen molar-refractivity contribution in [2.45, 2.75) is 50.4 Å². The average Bonchev–Trinajstić information content (AvgIpc) is 2.03. The Morgan fingerprint density at radius 1 is 0.867 bits per heavy atom. The van der Waals surface area contributed by atoms with Crippen molar-refractivity contribution < 1.29 is 0 Å². The molecule has 0 heterocycles. The summed E-state index contributed by atoms with van der Waals surface area (Å²) in [4.78, 5) is 0. The zero-order valence-corrected chi connectivity index (χ0v) is 9.76. The van der Waals surface area contributed by atoms with Crippen LogP contribution < -0.4 is 0 Å². The first-order valence-electron chi connectivity index (χ1n) is 6.14. The van der Waals surface area contributed by atoms with E-state index in [4.69, 9.17) is 11.6 Å². The van der Waals surface area contributed by atoms with Crippen molar-refractivity contribution in [3.05, 3.63) is 34.3 Å². The van der Waals surface area contributed by atoms with Crippen LogP contribution in [0.15, 0.2) is 18.2 Å². The maximum atomic E-state index is 6.11. The third kappa shape index (κ3) is 1.69. The minimum absolute atomic E-state index is 0.819. The van der Waals surface area contributed by atoms with Crippen LogP contribution in [0, 0.1) is 0 Å². The van der Waals surface area contributed by atoms with Gasteiger partial charge in [0.05, 0.1) is 0 Å². The molecule has 2 aliphatic carbocycles. The van der Waals surface area contributed by atoms with Gasteiger partial charge in [0.25, 0.3) is 0 Å². The Morgan fingerprint density at radius 2 is 1.47 bits per heavy atom. The van der Waals surface area contributed by atoms with Crippen molar-refractivity contribution in [2.75, 3.05) is 0 Å². The fourth-order valence-electron chi connectivity index (χ4n) is 2.71. The highest BCUT2D eigenvalue weighted by molar-refractivity contribution is 6.30. The highest BCUT2D eigenvalue weighted by Crippen LogP contribution is 2.45. The molecular weight excluding hydrogens is 204 g/mol. The van der Waals surface area contributed by atoms with Crippen LogP contribution >= 0.6 is 11.6 Å². The zero-order valence-electron chi connectivity index (χ0n) is 9.01. The lowest BCUT2D eigenvalue weighted by Gasteiger charge is -2.34. The highest BCUT2D eigenvalue weighted by atomic mass is 35.5. The fraction of sp³-hybridized carbons (Fsp3) is 0.571. The molecule has 1 heteroatoms. The largest absolute Gasteiger partial charge is 0.0843 e.